The van der Waals surface area contributed by atoms with Crippen LogP contribution >= 0.6 is 0 Å². The maximum atomic E-state index is 13.6. The van der Waals surface area contributed by atoms with Crippen molar-refractivity contribution >= 4 is 11.6 Å². The summed E-state index contributed by atoms with van der Waals surface area (Å²) in [5.74, 6) is 0.0941. The van der Waals surface area contributed by atoms with Crippen molar-refractivity contribution in [1.29, 1.82) is 0 Å². The molecule has 1 amide bonds. The van der Waals surface area contributed by atoms with E-state index in [1.54, 1.807) is 38.7 Å². The van der Waals surface area contributed by atoms with E-state index in [-0.39, 0.29) is 23.4 Å². The first-order chi connectivity index (χ1) is 14.5. The van der Waals surface area contributed by atoms with E-state index in [1.807, 2.05) is 0 Å². The summed E-state index contributed by atoms with van der Waals surface area (Å²) in [5, 5.41) is 4.23. The first kappa shape index (κ1) is 21.2. The van der Waals surface area contributed by atoms with Crippen molar-refractivity contribution in [3.63, 3.8) is 0 Å². The van der Waals surface area contributed by atoms with Gasteiger partial charge in [0.2, 0.25) is 0 Å². The third kappa shape index (κ3) is 3.98. The van der Waals surface area contributed by atoms with Crippen LogP contribution in [0, 0.1) is 13.8 Å². The van der Waals surface area contributed by atoms with E-state index in [9.17, 15) is 18.0 Å². The van der Waals surface area contributed by atoms with Crippen LogP contribution in [0.2, 0.25) is 0 Å². The summed E-state index contributed by atoms with van der Waals surface area (Å²) in [4.78, 5) is 27.3. The lowest BCUT2D eigenvalue weighted by molar-refractivity contribution is -0.142. The minimum absolute atomic E-state index is 0.149. The SMILES string of the molecule is Cc1ncc(C(=O)N2CCC(c3cc4nc(C(C)C)cc(C(F)(F)F)n4n3)C2)c(C)n1. The molecule has 1 saturated heterocycles. The first-order valence-corrected chi connectivity index (χ1v) is 10.1. The molecule has 0 bridgehead atoms. The molecule has 7 nitrogen and oxygen atoms in total. The molecule has 0 aliphatic carbocycles. The molecule has 1 fully saturated rings. The van der Waals surface area contributed by atoms with Crippen molar-refractivity contribution in [3.05, 3.63) is 52.5 Å². The van der Waals surface area contributed by atoms with Gasteiger partial charge in [-0.3, -0.25) is 4.79 Å². The highest BCUT2D eigenvalue weighted by molar-refractivity contribution is 5.95. The first-order valence-electron chi connectivity index (χ1n) is 10.1. The fourth-order valence-corrected chi connectivity index (χ4v) is 3.86. The molecule has 0 N–H and O–H groups in total. The van der Waals surface area contributed by atoms with E-state index < -0.39 is 11.9 Å². The van der Waals surface area contributed by atoms with Crippen LogP contribution in [0.4, 0.5) is 13.2 Å². The molecule has 0 spiro atoms. The highest BCUT2D eigenvalue weighted by Crippen LogP contribution is 2.33. The lowest BCUT2D eigenvalue weighted by atomic mass is 10.1. The zero-order chi connectivity index (χ0) is 22.5. The van der Waals surface area contributed by atoms with Gasteiger partial charge in [0.25, 0.3) is 5.91 Å². The van der Waals surface area contributed by atoms with Crippen molar-refractivity contribution in [3.8, 4) is 0 Å². The number of amides is 1. The van der Waals surface area contributed by atoms with Gasteiger partial charge in [0.1, 0.15) is 11.5 Å². The van der Waals surface area contributed by atoms with Gasteiger partial charge in [0.05, 0.1) is 17.0 Å². The predicted octanol–water partition coefficient (Wildman–Crippen LogP) is 3.91. The van der Waals surface area contributed by atoms with Gasteiger partial charge >= 0.3 is 6.18 Å². The van der Waals surface area contributed by atoms with Crippen LogP contribution in [0.15, 0.2) is 18.3 Å². The second kappa shape index (κ2) is 7.58. The normalized spacial score (nSPS) is 17.2. The quantitative estimate of drug-likeness (QED) is 0.627. The summed E-state index contributed by atoms with van der Waals surface area (Å²) in [7, 11) is 0. The number of nitrogens with zero attached hydrogens (tertiary/aromatic N) is 6. The minimum atomic E-state index is -4.55. The van der Waals surface area contributed by atoms with E-state index in [2.05, 4.69) is 20.1 Å². The number of hydrogen-bond acceptors (Lipinski definition) is 5. The molecule has 1 aliphatic heterocycles. The number of likely N-dealkylation sites (tertiary alicyclic amines) is 1. The lowest BCUT2D eigenvalue weighted by Crippen LogP contribution is -2.29. The lowest BCUT2D eigenvalue weighted by Gasteiger charge is -2.17. The maximum absolute atomic E-state index is 13.6. The van der Waals surface area contributed by atoms with Crippen molar-refractivity contribution in [2.75, 3.05) is 13.1 Å². The number of aryl methyl sites for hydroxylation is 2. The number of halogens is 3. The van der Waals surface area contributed by atoms with Crippen molar-refractivity contribution in [2.45, 2.75) is 52.1 Å². The molecule has 1 atom stereocenters. The molecule has 0 radical (unpaired) electrons. The van der Waals surface area contributed by atoms with Crippen LogP contribution in [0.1, 0.15) is 71.1 Å². The summed E-state index contributed by atoms with van der Waals surface area (Å²) >= 11 is 0. The number of aromatic nitrogens is 5. The van der Waals surface area contributed by atoms with Crippen molar-refractivity contribution in [2.24, 2.45) is 0 Å². The maximum Gasteiger partial charge on any atom is 0.433 e. The third-order valence-electron chi connectivity index (χ3n) is 5.57. The van der Waals surface area contributed by atoms with Gasteiger partial charge in [0, 0.05) is 37.0 Å². The Hall–Kier alpha value is -3.04. The highest BCUT2D eigenvalue weighted by Gasteiger charge is 2.36. The van der Waals surface area contributed by atoms with Crippen molar-refractivity contribution < 1.29 is 18.0 Å². The summed E-state index contributed by atoms with van der Waals surface area (Å²) in [6.45, 7) is 7.97. The predicted molar refractivity (Wildman–Crippen MR) is 107 cm³/mol. The molecule has 0 saturated carbocycles. The zero-order valence-electron chi connectivity index (χ0n) is 17.7. The zero-order valence-corrected chi connectivity index (χ0v) is 17.7. The molecule has 10 heteroatoms. The molecule has 1 aliphatic rings. The van der Waals surface area contributed by atoms with Crippen LogP contribution in [0.5, 0.6) is 0 Å². The Morgan fingerprint density at radius 2 is 1.94 bits per heavy atom. The molecular formula is C21H23F3N6O. The Kier molecular flexibility index (Phi) is 5.18. The Labute approximate surface area is 177 Å². The van der Waals surface area contributed by atoms with Crippen LogP contribution in [0.25, 0.3) is 5.65 Å². The van der Waals surface area contributed by atoms with Gasteiger partial charge < -0.3 is 4.90 Å². The van der Waals surface area contributed by atoms with Gasteiger partial charge in [-0.2, -0.15) is 18.3 Å². The average molecular weight is 432 g/mol. The number of fused-ring (bicyclic) bond motifs is 1. The second-order valence-corrected chi connectivity index (χ2v) is 8.21. The highest BCUT2D eigenvalue weighted by atomic mass is 19.4. The number of rotatable bonds is 3. The number of carbonyl (C=O) groups is 1. The Morgan fingerprint density at radius 1 is 1.19 bits per heavy atom. The molecular weight excluding hydrogens is 409 g/mol. The van der Waals surface area contributed by atoms with E-state index in [4.69, 9.17) is 0 Å². The molecule has 4 heterocycles. The molecule has 1 unspecified atom stereocenters. The minimum Gasteiger partial charge on any atom is -0.338 e. The van der Waals surface area contributed by atoms with E-state index in [1.165, 1.54) is 6.20 Å². The Morgan fingerprint density at radius 3 is 2.58 bits per heavy atom. The fourth-order valence-electron chi connectivity index (χ4n) is 3.86. The van der Waals surface area contributed by atoms with E-state index >= 15 is 0 Å². The summed E-state index contributed by atoms with van der Waals surface area (Å²) in [6.07, 6.45) is -2.42. The standard InChI is InChI=1S/C21H23F3N6O/c1-11(2)16-7-18(21(22,23)24)30-19(27-16)8-17(28-30)14-5-6-29(10-14)20(31)15-9-25-13(4)26-12(15)3/h7-9,11,14H,5-6,10H2,1-4H3. The van der Waals surface area contributed by atoms with Crippen LogP contribution in [-0.4, -0.2) is 48.5 Å². The van der Waals surface area contributed by atoms with Gasteiger partial charge in [-0.15, -0.1) is 0 Å². The molecule has 164 valence electrons. The van der Waals surface area contributed by atoms with Crippen LogP contribution in [0.3, 0.4) is 0 Å². The summed E-state index contributed by atoms with van der Waals surface area (Å²) < 4.78 is 41.7. The topological polar surface area (TPSA) is 76.3 Å². The third-order valence-corrected chi connectivity index (χ3v) is 5.57. The van der Waals surface area contributed by atoms with E-state index in [0.717, 1.165) is 10.6 Å². The second-order valence-electron chi connectivity index (χ2n) is 8.21. The van der Waals surface area contributed by atoms with Crippen molar-refractivity contribution in [1.82, 2.24) is 29.5 Å². The van der Waals surface area contributed by atoms with Crippen LogP contribution < -0.4 is 0 Å². The van der Waals surface area contributed by atoms with Gasteiger partial charge in [-0.05, 0) is 32.3 Å². The van der Waals surface area contributed by atoms with E-state index in [0.29, 0.717) is 48.0 Å². The number of hydrogen-bond donors (Lipinski definition) is 0. The molecule has 31 heavy (non-hydrogen) atoms. The number of alkyl halides is 3. The fraction of sp³-hybridized carbons (Fsp3) is 0.476. The summed E-state index contributed by atoms with van der Waals surface area (Å²) in [5.41, 5.74) is 1.24. The molecule has 0 aromatic carbocycles. The van der Waals surface area contributed by atoms with Gasteiger partial charge in [-0.25, -0.2) is 19.5 Å². The van der Waals surface area contributed by atoms with Gasteiger partial charge in [-0.1, -0.05) is 13.8 Å². The molecule has 3 aromatic heterocycles. The molecule has 4 rings (SSSR count). The number of carbonyl (C=O) groups excluding carboxylic acids is 1. The Balaban J connectivity index is 1.63. The molecule has 3 aromatic rings. The Bertz CT molecular complexity index is 1150. The smallest absolute Gasteiger partial charge is 0.338 e. The van der Waals surface area contributed by atoms with Crippen LogP contribution in [-0.2, 0) is 6.18 Å². The monoisotopic (exact) mass is 432 g/mol. The van der Waals surface area contributed by atoms with Gasteiger partial charge in [0.15, 0.2) is 5.65 Å². The average Bonchev–Trinajstić information content (AvgIpc) is 3.32. The summed E-state index contributed by atoms with van der Waals surface area (Å²) in [6, 6.07) is 2.65. The largest absolute Gasteiger partial charge is 0.433 e.